The van der Waals surface area contributed by atoms with Gasteiger partial charge in [-0.1, -0.05) is 41.5 Å². The average molecular weight is 344 g/mol. The van der Waals surface area contributed by atoms with Gasteiger partial charge in [0.15, 0.2) is 0 Å². The second-order valence-electron chi connectivity index (χ2n) is 8.02. The van der Waals surface area contributed by atoms with Gasteiger partial charge in [-0.3, -0.25) is 0 Å². The number of aromatic hydroxyl groups is 4. The molecule has 0 aromatic heterocycles. The van der Waals surface area contributed by atoms with E-state index in [0.29, 0.717) is 22.3 Å². The van der Waals surface area contributed by atoms with E-state index in [9.17, 15) is 20.4 Å². The van der Waals surface area contributed by atoms with E-state index < -0.39 is 5.92 Å². The minimum atomic E-state index is -0.396. The van der Waals surface area contributed by atoms with Crippen molar-refractivity contribution in [2.45, 2.75) is 58.8 Å². The summed E-state index contributed by atoms with van der Waals surface area (Å²) in [5.74, 6) is 0.0278. The zero-order valence-corrected chi connectivity index (χ0v) is 15.8. The zero-order valence-electron chi connectivity index (χ0n) is 15.8. The normalized spacial score (nSPS) is 13.2. The van der Waals surface area contributed by atoms with Crippen molar-refractivity contribution in [2.24, 2.45) is 0 Å². The van der Waals surface area contributed by atoms with Crippen LogP contribution in [0.2, 0.25) is 0 Å². The van der Waals surface area contributed by atoms with E-state index in [1.807, 2.05) is 41.5 Å². The van der Waals surface area contributed by atoms with Crippen LogP contribution in [0.3, 0.4) is 0 Å². The van der Waals surface area contributed by atoms with Crippen molar-refractivity contribution >= 4 is 0 Å². The Morgan fingerprint density at radius 3 is 1.52 bits per heavy atom. The highest BCUT2D eigenvalue weighted by molar-refractivity contribution is 5.55. The fourth-order valence-corrected chi connectivity index (χ4v) is 3.13. The summed E-state index contributed by atoms with van der Waals surface area (Å²) in [6.07, 6.45) is 0. The number of phenolic OH excluding ortho intramolecular Hbond substituents is 4. The second-order valence-corrected chi connectivity index (χ2v) is 8.02. The molecule has 0 aliphatic heterocycles. The van der Waals surface area contributed by atoms with Gasteiger partial charge >= 0.3 is 0 Å². The molecule has 2 aromatic rings. The lowest BCUT2D eigenvalue weighted by Crippen LogP contribution is -2.12. The molecule has 0 amide bonds. The van der Waals surface area contributed by atoms with Gasteiger partial charge in [0, 0.05) is 28.2 Å². The largest absolute Gasteiger partial charge is 0.508 e. The fourth-order valence-electron chi connectivity index (χ4n) is 3.13. The molecular weight excluding hydrogens is 316 g/mol. The van der Waals surface area contributed by atoms with Crippen LogP contribution in [0.1, 0.15) is 75.6 Å². The van der Waals surface area contributed by atoms with E-state index in [1.165, 1.54) is 12.1 Å². The quantitative estimate of drug-likeness (QED) is 0.585. The van der Waals surface area contributed by atoms with E-state index in [1.54, 1.807) is 12.1 Å². The molecule has 2 aromatic carbocycles. The Kier molecular flexibility index (Phi) is 4.94. The molecule has 0 saturated heterocycles. The number of hydrogen-bond acceptors (Lipinski definition) is 4. The third kappa shape index (κ3) is 3.68. The Morgan fingerprint density at radius 1 is 0.640 bits per heavy atom. The number of rotatable bonds is 3. The minimum Gasteiger partial charge on any atom is -0.508 e. The Balaban J connectivity index is 2.54. The van der Waals surface area contributed by atoms with Gasteiger partial charge in [-0.05, 0) is 35.6 Å². The molecular formula is C21H28O4. The van der Waals surface area contributed by atoms with Crippen molar-refractivity contribution in [3.63, 3.8) is 0 Å². The number of benzene rings is 2. The standard InChI is InChI=1S/C21H28O4/c1-11(2)13-7-18(23)14(8-17(13)22)12(3)15-9-20(25)16(10-19(15)24)21(4,5)6/h7-12,22-25H,1-6H3. The Hall–Kier alpha value is -2.36. The molecule has 1 unspecified atom stereocenters. The summed E-state index contributed by atoms with van der Waals surface area (Å²) in [5, 5.41) is 41.4. The fraction of sp³-hybridized carbons (Fsp3) is 0.429. The maximum Gasteiger partial charge on any atom is 0.119 e. The third-order valence-corrected chi connectivity index (χ3v) is 4.68. The Morgan fingerprint density at radius 2 is 1.04 bits per heavy atom. The van der Waals surface area contributed by atoms with Gasteiger partial charge in [0.2, 0.25) is 0 Å². The van der Waals surface area contributed by atoms with Gasteiger partial charge < -0.3 is 20.4 Å². The minimum absolute atomic E-state index is 0.0575. The van der Waals surface area contributed by atoms with Crippen LogP contribution in [-0.4, -0.2) is 20.4 Å². The van der Waals surface area contributed by atoms with E-state index in [4.69, 9.17) is 0 Å². The number of hydrogen-bond donors (Lipinski definition) is 4. The summed E-state index contributed by atoms with van der Waals surface area (Å²) in [7, 11) is 0. The summed E-state index contributed by atoms with van der Waals surface area (Å²) in [5.41, 5.74) is 2.02. The van der Waals surface area contributed by atoms with Crippen LogP contribution in [0.4, 0.5) is 0 Å². The lowest BCUT2D eigenvalue weighted by molar-refractivity contribution is 0.427. The van der Waals surface area contributed by atoms with E-state index in [0.717, 1.165) is 0 Å². The van der Waals surface area contributed by atoms with Crippen molar-refractivity contribution in [3.05, 3.63) is 46.5 Å². The first-order valence-electron chi connectivity index (χ1n) is 8.55. The highest BCUT2D eigenvalue weighted by Crippen LogP contribution is 2.43. The smallest absolute Gasteiger partial charge is 0.119 e. The molecule has 4 nitrogen and oxygen atoms in total. The Labute approximate surface area is 149 Å². The summed E-state index contributed by atoms with van der Waals surface area (Å²) in [4.78, 5) is 0. The molecule has 0 spiro atoms. The van der Waals surface area contributed by atoms with E-state index in [-0.39, 0.29) is 34.3 Å². The first kappa shape index (κ1) is 19.0. The second kappa shape index (κ2) is 6.51. The van der Waals surface area contributed by atoms with Crippen molar-refractivity contribution in [1.82, 2.24) is 0 Å². The summed E-state index contributed by atoms with van der Waals surface area (Å²) in [6.45, 7) is 11.6. The first-order chi connectivity index (χ1) is 11.4. The predicted molar refractivity (Wildman–Crippen MR) is 99.8 cm³/mol. The van der Waals surface area contributed by atoms with Crippen LogP contribution in [0.25, 0.3) is 0 Å². The SMILES string of the molecule is CC(C)c1cc(O)c(C(C)c2cc(O)c(C(C)(C)C)cc2O)cc1O. The van der Waals surface area contributed by atoms with Crippen LogP contribution < -0.4 is 0 Å². The van der Waals surface area contributed by atoms with Crippen molar-refractivity contribution < 1.29 is 20.4 Å². The van der Waals surface area contributed by atoms with Crippen LogP contribution in [-0.2, 0) is 5.41 Å². The molecule has 0 aliphatic carbocycles. The third-order valence-electron chi connectivity index (χ3n) is 4.68. The highest BCUT2D eigenvalue weighted by Gasteiger charge is 2.24. The summed E-state index contributed by atoms with van der Waals surface area (Å²) < 4.78 is 0. The maximum atomic E-state index is 10.5. The van der Waals surface area contributed by atoms with Gasteiger partial charge in [0.05, 0.1) is 0 Å². The molecule has 136 valence electrons. The van der Waals surface area contributed by atoms with Crippen molar-refractivity contribution in [2.75, 3.05) is 0 Å². The van der Waals surface area contributed by atoms with Gasteiger partial charge in [-0.25, -0.2) is 0 Å². The molecule has 1 atom stereocenters. The number of phenols is 4. The lowest BCUT2D eigenvalue weighted by Gasteiger charge is -2.24. The van der Waals surface area contributed by atoms with Crippen LogP contribution >= 0.6 is 0 Å². The molecule has 0 aliphatic rings. The van der Waals surface area contributed by atoms with Crippen LogP contribution in [0.15, 0.2) is 24.3 Å². The molecule has 0 fully saturated rings. The van der Waals surface area contributed by atoms with E-state index in [2.05, 4.69) is 0 Å². The van der Waals surface area contributed by atoms with Gasteiger partial charge in [0.25, 0.3) is 0 Å². The predicted octanol–water partition coefficient (Wildman–Crippen LogP) is 5.08. The first-order valence-corrected chi connectivity index (χ1v) is 8.55. The molecule has 0 bridgehead atoms. The molecule has 4 heteroatoms. The molecule has 0 saturated carbocycles. The average Bonchev–Trinajstić information content (AvgIpc) is 2.49. The molecule has 2 rings (SSSR count). The molecule has 4 N–H and O–H groups in total. The summed E-state index contributed by atoms with van der Waals surface area (Å²) in [6, 6.07) is 6.20. The van der Waals surface area contributed by atoms with Gasteiger partial charge in [0.1, 0.15) is 23.0 Å². The van der Waals surface area contributed by atoms with Gasteiger partial charge in [-0.2, -0.15) is 0 Å². The van der Waals surface area contributed by atoms with Crippen molar-refractivity contribution in [3.8, 4) is 23.0 Å². The van der Waals surface area contributed by atoms with Crippen molar-refractivity contribution in [1.29, 1.82) is 0 Å². The zero-order chi connectivity index (χ0) is 19.1. The maximum absolute atomic E-state index is 10.5. The Bertz CT molecular complexity index is 785. The molecule has 0 radical (unpaired) electrons. The summed E-state index contributed by atoms with van der Waals surface area (Å²) >= 11 is 0. The monoisotopic (exact) mass is 344 g/mol. The van der Waals surface area contributed by atoms with Crippen LogP contribution in [0.5, 0.6) is 23.0 Å². The molecule has 25 heavy (non-hydrogen) atoms. The van der Waals surface area contributed by atoms with E-state index >= 15 is 0 Å². The van der Waals surface area contributed by atoms with Crippen LogP contribution in [0, 0.1) is 0 Å². The lowest BCUT2D eigenvalue weighted by atomic mass is 9.83. The van der Waals surface area contributed by atoms with Gasteiger partial charge in [-0.15, -0.1) is 0 Å². The topological polar surface area (TPSA) is 80.9 Å². The molecule has 0 heterocycles. The highest BCUT2D eigenvalue weighted by atomic mass is 16.3.